The zero-order chi connectivity index (χ0) is 20.9. The van der Waals surface area contributed by atoms with Crippen molar-refractivity contribution >= 4 is 27.4 Å². The van der Waals surface area contributed by atoms with E-state index in [1.54, 1.807) is 43.3 Å². The van der Waals surface area contributed by atoms with E-state index in [1.807, 2.05) is 0 Å². The van der Waals surface area contributed by atoms with Crippen LogP contribution in [0.25, 0.3) is 0 Å². The summed E-state index contributed by atoms with van der Waals surface area (Å²) in [5, 5.41) is 13.2. The number of anilines is 1. The molecule has 0 aliphatic rings. The minimum atomic E-state index is -3.67. The second-order valence-corrected chi connectivity index (χ2v) is 7.89. The van der Waals surface area contributed by atoms with E-state index in [-0.39, 0.29) is 17.0 Å². The first kappa shape index (κ1) is 20.3. The first-order valence-electron chi connectivity index (χ1n) is 8.61. The lowest BCUT2D eigenvalue weighted by Crippen LogP contribution is -2.23. The van der Waals surface area contributed by atoms with Crippen molar-refractivity contribution in [3.05, 3.63) is 83.8 Å². The van der Waals surface area contributed by atoms with Gasteiger partial charge in [-0.1, -0.05) is 18.2 Å². The maximum atomic E-state index is 12.4. The fourth-order valence-electron chi connectivity index (χ4n) is 2.47. The molecule has 0 amide bonds. The fourth-order valence-corrected chi connectivity index (χ4v) is 3.47. The zero-order valence-corrected chi connectivity index (χ0v) is 16.3. The molecule has 0 radical (unpaired) electrons. The molecular weight excluding hydrogens is 394 g/mol. The third-order valence-corrected chi connectivity index (χ3v) is 5.48. The molecule has 0 saturated heterocycles. The summed E-state index contributed by atoms with van der Waals surface area (Å²) in [7, 11) is -3.67. The Balaban J connectivity index is 1.67. The maximum absolute atomic E-state index is 12.4. The van der Waals surface area contributed by atoms with Crippen molar-refractivity contribution in [3.8, 4) is 0 Å². The number of nitrogens with one attached hydrogen (secondary N) is 2. The van der Waals surface area contributed by atoms with Crippen LogP contribution in [0, 0.1) is 0 Å². The van der Waals surface area contributed by atoms with Gasteiger partial charge < -0.3 is 9.52 Å². The number of rotatable bonds is 8. The highest BCUT2D eigenvalue weighted by Crippen LogP contribution is 2.14. The molecule has 0 fully saturated rings. The van der Waals surface area contributed by atoms with Crippen molar-refractivity contribution in [2.24, 2.45) is 5.10 Å². The van der Waals surface area contributed by atoms with Gasteiger partial charge >= 0.3 is 5.97 Å². The van der Waals surface area contributed by atoms with Crippen molar-refractivity contribution in [1.29, 1.82) is 0 Å². The number of benzene rings is 2. The number of carboxylic acids is 1. The van der Waals surface area contributed by atoms with E-state index >= 15 is 0 Å². The van der Waals surface area contributed by atoms with E-state index in [4.69, 9.17) is 9.52 Å². The van der Waals surface area contributed by atoms with Gasteiger partial charge in [-0.3, -0.25) is 5.43 Å². The summed E-state index contributed by atoms with van der Waals surface area (Å²) in [5.74, 6) is -0.502. The zero-order valence-electron chi connectivity index (χ0n) is 15.5. The molecule has 3 aromatic rings. The summed E-state index contributed by atoms with van der Waals surface area (Å²) in [5.41, 5.74) is 4.82. The van der Waals surface area contributed by atoms with Crippen LogP contribution in [-0.2, 0) is 16.6 Å². The number of hydrogen-bond acceptors (Lipinski definition) is 6. The normalized spacial score (nSPS) is 12.0. The van der Waals surface area contributed by atoms with Crippen molar-refractivity contribution in [3.63, 3.8) is 0 Å². The molecule has 150 valence electrons. The van der Waals surface area contributed by atoms with Gasteiger partial charge in [0, 0.05) is 0 Å². The summed E-state index contributed by atoms with van der Waals surface area (Å²) in [6.07, 6.45) is 1.48. The second kappa shape index (κ2) is 8.72. The number of furan rings is 1. The van der Waals surface area contributed by atoms with Crippen LogP contribution in [0.2, 0.25) is 0 Å². The van der Waals surface area contributed by atoms with Gasteiger partial charge in [-0.05, 0) is 55.0 Å². The molecule has 0 bridgehead atoms. The molecule has 0 atom stereocenters. The molecule has 3 rings (SSSR count). The third kappa shape index (κ3) is 5.31. The van der Waals surface area contributed by atoms with Crippen LogP contribution >= 0.6 is 0 Å². The molecule has 0 spiro atoms. The molecule has 1 aromatic heterocycles. The SMILES string of the molecule is C/C(=N/Nc1cccc(C(=O)O)c1)c1ccc(S(=O)(=O)NCc2ccco2)cc1. The number of hydrogen-bond donors (Lipinski definition) is 3. The van der Waals surface area contributed by atoms with Crippen molar-refractivity contribution in [1.82, 2.24) is 4.72 Å². The van der Waals surface area contributed by atoms with Gasteiger partial charge in [0.1, 0.15) is 5.76 Å². The molecule has 8 nitrogen and oxygen atoms in total. The van der Waals surface area contributed by atoms with Crippen LogP contribution in [0.4, 0.5) is 5.69 Å². The first-order valence-corrected chi connectivity index (χ1v) is 10.1. The lowest BCUT2D eigenvalue weighted by molar-refractivity contribution is 0.0697. The van der Waals surface area contributed by atoms with E-state index in [0.717, 1.165) is 5.56 Å². The van der Waals surface area contributed by atoms with Crippen LogP contribution in [-0.4, -0.2) is 25.2 Å². The molecule has 0 aliphatic heterocycles. The lowest BCUT2D eigenvalue weighted by atomic mass is 10.1. The molecule has 0 aliphatic carbocycles. The predicted octanol–water partition coefficient (Wildman–Crippen LogP) is 3.29. The quantitative estimate of drug-likeness (QED) is 0.385. The number of nitrogens with zero attached hydrogens (tertiary/aromatic N) is 1. The smallest absolute Gasteiger partial charge is 0.335 e. The Kier molecular flexibility index (Phi) is 6.10. The Hall–Kier alpha value is -3.43. The molecule has 3 N–H and O–H groups in total. The van der Waals surface area contributed by atoms with E-state index < -0.39 is 16.0 Å². The Labute approximate surface area is 167 Å². The monoisotopic (exact) mass is 413 g/mol. The van der Waals surface area contributed by atoms with Gasteiger partial charge in [0.2, 0.25) is 10.0 Å². The topological polar surface area (TPSA) is 121 Å². The number of carbonyl (C=O) groups is 1. The minimum absolute atomic E-state index is 0.0664. The highest BCUT2D eigenvalue weighted by atomic mass is 32.2. The van der Waals surface area contributed by atoms with Gasteiger partial charge in [0.25, 0.3) is 0 Å². The van der Waals surface area contributed by atoms with Crippen molar-refractivity contribution in [2.45, 2.75) is 18.4 Å². The standard InChI is InChI=1S/C20H19N3O5S/c1-14(22-23-17-5-2-4-16(12-17)20(24)25)15-7-9-19(10-8-15)29(26,27)21-13-18-6-3-11-28-18/h2-12,21,23H,13H2,1H3,(H,24,25)/b22-14-. The van der Waals surface area contributed by atoms with E-state index in [9.17, 15) is 13.2 Å². The minimum Gasteiger partial charge on any atom is -0.478 e. The van der Waals surface area contributed by atoms with Crippen LogP contribution in [0.5, 0.6) is 0 Å². The van der Waals surface area contributed by atoms with Crippen LogP contribution in [0.15, 0.2) is 81.3 Å². The third-order valence-electron chi connectivity index (χ3n) is 4.06. The molecule has 0 saturated carbocycles. The molecule has 0 unspecified atom stereocenters. The number of carboxylic acid groups (broad SMARTS) is 1. The van der Waals surface area contributed by atoms with Crippen molar-refractivity contribution < 1.29 is 22.7 Å². The molecule has 9 heteroatoms. The van der Waals surface area contributed by atoms with Crippen LogP contribution in [0.3, 0.4) is 0 Å². The molecular formula is C20H19N3O5S. The number of sulfonamides is 1. The summed E-state index contributed by atoms with van der Waals surface area (Å²) in [6, 6.07) is 15.9. The van der Waals surface area contributed by atoms with Gasteiger partial charge in [-0.15, -0.1) is 0 Å². The fraction of sp³-hybridized carbons (Fsp3) is 0.100. The first-order chi connectivity index (χ1) is 13.8. The maximum Gasteiger partial charge on any atom is 0.335 e. The predicted molar refractivity (Wildman–Crippen MR) is 108 cm³/mol. The van der Waals surface area contributed by atoms with Gasteiger partial charge in [0.15, 0.2) is 0 Å². The summed E-state index contributed by atoms with van der Waals surface area (Å²) in [6.45, 7) is 1.82. The Bertz CT molecular complexity index is 1120. The van der Waals surface area contributed by atoms with Gasteiger partial charge in [-0.25, -0.2) is 17.9 Å². The Morgan fingerprint density at radius 3 is 2.48 bits per heavy atom. The highest BCUT2D eigenvalue weighted by Gasteiger charge is 2.14. The molecule has 2 aromatic carbocycles. The summed E-state index contributed by atoms with van der Waals surface area (Å²) in [4.78, 5) is 11.1. The number of hydrazone groups is 1. The summed E-state index contributed by atoms with van der Waals surface area (Å²) >= 11 is 0. The largest absolute Gasteiger partial charge is 0.478 e. The van der Waals surface area contributed by atoms with Crippen molar-refractivity contribution in [2.75, 3.05) is 5.43 Å². The average molecular weight is 413 g/mol. The second-order valence-electron chi connectivity index (χ2n) is 6.12. The molecule has 1 heterocycles. The van der Waals surface area contributed by atoms with Crippen LogP contribution in [0.1, 0.15) is 28.6 Å². The highest BCUT2D eigenvalue weighted by molar-refractivity contribution is 7.89. The van der Waals surface area contributed by atoms with Gasteiger partial charge in [0.05, 0.1) is 34.7 Å². The van der Waals surface area contributed by atoms with E-state index in [1.165, 1.54) is 30.5 Å². The summed E-state index contributed by atoms with van der Waals surface area (Å²) < 4.78 is 32.3. The Morgan fingerprint density at radius 2 is 1.83 bits per heavy atom. The average Bonchev–Trinajstić information content (AvgIpc) is 3.25. The van der Waals surface area contributed by atoms with Gasteiger partial charge in [-0.2, -0.15) is 5.10 Å². The van der Waals surface area contributed by atoms with E-state index in [2.05, 4.69) is 15.2 Å². The lowest BCUT2D eigenvalue weighted by Gasteiger charge is -2.07. The van der Waals surface area contributed by atoms with Crippen LogP contribution < -0.4 is 10.1 Å². The number of aromatic carboxylic acids is 1. The van der Waals surface area contributed by atoms with E-state index in [0.29, 0.717) is 17.2 Å². The Morgan fingerprint density at radius 1 is 1.07 bits per heavy atom. The molecule has 29 heavy (non-hydrogen) atoms.